The average Bonchev–Trinajstić information content (AvgIpc) is 3.25. The monoisotopic (exact) mass is 426 g/mol. The molecule has 1 atom stereocenters. The van der Waals surface area contributed by atoms with Crippen molar-refractivity contribution >= 4 is 33.0 Å². The van der Waals surface area contributed by atoms with Gasteiger partial charge >= 0.3 is 0 Å². The van der Waals surface area contributed by atoms with Gasteiger partial charge in [-0.05, 0) is 66.1 Å². The van der Waals surface area contributed by atoms with E-state index >= 15 is 0 Å². The van der Waals surface area contributed by atoms with Gasteiger partial charge in [-0.1, -0.05) is 36.4 Å². The first-order valence-electron chi connectivity index (χ1n) is 9.36. The molecule has 0 fully saturated rings. The molecule has 4 rings (SSSR count). The van der Waals surface area contributed by atoms with Crippen molar-refractivity contribution in [2.45, 2.75) is 37.1 Å². The number of benzene rings is 2. The summed E-state index contributed by atoms with van der Waals surface area (Å²) in [6, 6.07) is 15.9. The summed E-state index contributed by atoms with van der Waals surface area (Å²) in [7, 11) is -3.77. The molecule has 1 amide bonds. The van der Waals surface area contributed by atoms with Crippen LogP contribution in [0.1, 0.15) is 22.3 Å². The lowest BCUT2D eigenvalue weighted by Gasteiger charge is -2.34. The van der Waals surface area contributed by atoms with Gasteiger partial charge in [0.15, 0.2) is 0 Å². The lowest BCUT2D eigenvalue weighted by molar-refractivity contribution is -0.120. The maximum absolute atomic E-state index is 13.3. The highest BCUT2D eigenvalue weighted by molar-refractivity contribution is 7.91. The quantitative estimate of drug-likeness (QED) is 0.682. The highest BCUT2D eigenvalue weighted by Gasteiger charge is 2.40. The van der Waals surface area contributed by atoms with Crippen molar-refractivity contribution in [1.82, 2.24) is 4.31 Å². The minimum atomic E-state index is -3.77. The van der Waals surface area contributed by atoms with E-state index in [-0.39, 0.29) is 16.7 Å². The van der Waals surface area contributed by atoms with Crippen LogP contribution in [0.15, 0.2) is 64.2 Å². The second kappa shape index (κ2) is 7.74. The number of thiophene rings is 1. The third-order valence-electron chi connectivity index (χ3n) is 5.34. The van der Waals surface area contributed by atoms with Crippen LogP contribution in [0.4, 0.5) is 5.69 Å². The normalized spacial score (nSPS) is 17.0. The molecule has 0 bridgehead atoms. The van der Waals surface area contributed by atoms with Crippen molar-refractivity contribution in [3.05, 3.63) is 82.2 Å². The molecule has 1 aromatic heterocycles. The van der Waals surface area contributed by atoms with Gasteiger partial charge < -0.3 is 5.32 Å². The summed E-state index contributed by atoms with van der Waals surface area (Å²) < 4.78 is 28.1. The molecule has 1 N–H and O–H groups in total. The number of hydrogen-bond acceptors (Lipinski definition) is 4. The van der Waals surface area contributed by atoms with Gasteiger partial charge in [0.25, 0.3) is 10.0 Å². The van der Waals surface area contributed by atoms with Crippen molar-refractivity contribution in [2.75, 3.05) is 5.32 Å². The fourth-order valence-corrected chi connectivity index (χ4v) is 6.23. The zero-order valence-corrected chi connectivity index (χ0v) is 17.9. The number of nitrogens with one attached hydrogen (secondary N) is 1. The molecule has 7 heteroatoms. The summed E-state index contributed by atoms with van der Waals surface area (Å²) in [6.45, 7) is 4.17. The Morgan fingerprint density at radius 2 is 1.79 bits per heavy atom. The van der Waals surface area contributed by atoms with Crippen LogP contribution in [0.2, 0.25) is 0 Å². The molecule has 0 radical (unpaired) electrons. The molecule has 1 unspecified atom stereocenters. The summed E-state index contributed by atoms with van der Waals surface area (Å²) in [4.78, 5) is 13.2. The van der Waals surface area contributed by atoms with E-state index in [1.54, 1.807) is 17.5 Å². The Kier molecular flexibility index (Phi) is 5.29. The Morgan fingerprint density at radius 1 is 1.03 bits per heavy atom. The van der Waals surface area contributed by atoms with Crippen LogP contribution in [0.3, 0.4) is 0 Å². The molecule has 150 valence electrons. The highest BCUT2D eigenvalue weighted by Crippen LogP contribution is 2.31. The largest absolute Gasteiger partial charge is 0.325 e. The topological polar surface area (TPSA) is 66.5 Å². The second-order valence-corrected chi connectivity index (χ2v) is 10.3. The van der Waals surface area contributed by atoms with E-state index in [0.29, 0.717) is 12.1 Å². The molecular formula is C22H22N2O3S2. The van der Waals surface area contributed by atoms with Gasteiger partial charge in [0, 0.05) is 12.2 Å². The highest BCUT2D eigenvalue weighted by atomic mass is 32.2. The van der Waals surface area contributed by atoms with Crippen LogP contribution >= 0.6 is 11.3 Å². The standard InChI is InChI=1S/C22H22N2O3S2/c1-15-9-10-19(12-16(15)2)23-22(25)20-13-17-6-3-4-7-18(17)14-24(20)29(26,27)21-8-5-11-28-21/h3-12,20H,13-14H2,1-2H3,(H,23,25). The van der Waals surface area contributed by atoms with E-state index in [0.717, 1.165) is 33.6 Å². The second-order valence-electron chi connectivity index (χ2n) is 7.26. The number of amides is 1. The van der Waals surface area contributed by atoms with Crippen LogP contribution in [-0.2, 0) is 27.8 Å². The molecule has 29 heavy (non-hydrogen) atoms. The van der Waals surface area contributed by atoms with Gasteiger partial charge in [-0.15, -0.1) is 11.3 Å². The Morgan fingerprint density at radius 3 is 2.48 bits per heavy atom. The molecule has 1 aliphatic rings. The molecule has 0 saturated carbocycles. The third-order valence-corrected chi connectivity index (χ3v) is 8.57. The minimum Gasteiger partial charge on any atom is -0.325 e. The molecule has 0 saturated heterocycles. The summed E-state index contributed by atoms with van der Waals surface area (Å²) in [5, 5.41) is 4.65. The number of nitrogens with zero attached hydrogens (tertiary/aromatic N) is 1. The van der Waals surface area contributed by atoms with E-state index < -0.39 is 16.1 Å². The van der Waals surface area contributed by atoms with E-state index in [1.165, 1.54) is 4.31 Å². The predicted octanol–water partition coefficient (Wildman–Crippen LogP) is 4.12. The first-order chi connectivity index (χ1) is 13.9. The van der Waals surface area contributed by atoms with E-state index in [9.17, 15) is 13.2 Å². The van der Waals surface area contributed by atoms with Crippen LogP contribution < -0.4 is 5.32 Å². The van der Waals surface area contributed by atoms with Crippen LogP contribution in [0.5, 0.6) is 0 Å². The fourth-order valence-electron chi connectivity index (χ4n) is 3.55. The van der Waals surface area contributed by atoms with Gasteiger partial charge in [0.05, 0.1) is 0 Å². The van der Waals surface area contributed by atoms with Crippen LogP contribution in [-0.4, -0.2) is 24.7 Å². The van der Waals surface area contributed by atoms with Gasteiger partial charge in [-0.2, -0.15) is 4.31 Å². The smallest absolute Gasteiger partial charge is 0.253 e. The van der Waals surface area contributed by atoms with Crippen LogP contribution in [0.25, 0.3) is 0 Å². The molecule has 2 heterocycles. The molecule has 5 nitrogen and oxygen atoms in total. The van der Waals surface area contributed by atoms with Gasteiger partial charge in [-0.3, -0.25) is 4.79 Å². The Hall–Kier alpha value is -2.48. The fraction of sp³-hybridized carbons (Fsp3) is 0.227. The molecule has 0 spiro atoms. The van der Waals surface area contributed by atoms with E-state index in [2.05, 4.69) is 5.32 Å². The number of sulfonamides is 1. The molecular weight excluding hydrogens is 404 g/mol. The Labute approximate surface area is 175 Å². The van der Waals surface area contributed by atoms with Crippen LogP contribution in [0, 0.1) is 13.8 Å². The first kappa shape index (κ1) is 19.8. The average molecular weight is 427 g/mol. The minimum absolute atomic E-state index is 0.182. The number of carbonyl (C=O) groups is 1. The number of carbonyl (C=O) groups excluding carboxylic acids is 1. The van der Waals surface area contributed by atoms with Crippen molar-refractivity contribution in [1.29, 1.82) is 0 Å². The number of rotatable bonds is 4. The molecule has 1 aliphatic heterocycles. The Bertz CT molecular complexity index is 1150. The molecule has 3 aromatic rings. The van der Waals surface area contributed by atoms with Crippen molar-refractivity contribution < 1.29 is 13.2 Å². The third kappa shape index (κ3) is 3.85. The zero-order chi connectivity index (χ0) is 20.6. The summed E-state index contributed by atoms with van der Waals surface area (Å²) >= 11 is 1.16. The predicted molar refractivity (Wildman–Crippen MR) is 116 cm³/mol. The van der Waals surface area contributed by atoms with Gasteiger partial charge in [-0.25, -0.2) is 8.42 Å². The van der Waals surface area contributed by atoms with E-state index in [4.69, 9.17) is 0 Å². The first-order valence-corrected chi connectivity index (χ1v) is 11.7. The lowest BCUT2D eigenvalue weighted by atomic mass is 9.95. The van der Waals surface area contributed by atoms with Gasteiger partial charge in [0.1, 0.15) is 10.3 Å². The van der Waals surface area contributed by atoms with Gasteiger partial charge in [0.2, 0.25) is 5.91 Å². The molecule has 0 aliphatic carbocycles. The van der Waals surface area contributed by atoms with Crippen molar-refractivity contribution in [3.63, 3.8) is 0 Å². The van der Waals surface area contributed by atoms with Crippen molar-refractivity contribution in [2.24, 2.45) is 0 Å². The van der Waals surface area contributed by atoms with Crippen molar-refractivity contribution in [3.8, 4) is 0 Å². The Balaban J connectivity index is 1.69. The number of fused-ring (bicyclic) bond motifs is 1. The summed E-state index contributed by atoms with van der Waals surface area (Å²) in [5.74, 6) is -0.317. The van der Waals surface area contributed by atoms with E-state index in [1.807, 2.05) is 56.3 Å². The lowest BCUT2D eigenvalue weighted by Crippen LogP contribution is -2.50. The summed E-state index contributed by atoms with van der Waals surface area (Å²) in [5.41, 5.74) is 4.81. The molecule has 2 aromatic carbocycles. The number of hydrogen-bond donors (Lipinski definition) is 1. The number of aryl methyl sites for hydroxylation is 2. The summed E-state index contributed by atoms with van der Waals surface area (Å²) in [6.07, 6.45) is 0.345. The number of anilines is 1. The SMILES string of the molecule is Cc1ccc(NC(=O)C2Cc3ccccc3CN2S(=O)(=O)c2cccs2)cc1C. The zero-order valence-electron chi connectivity index (χ0n) is 16.3. The maximum atomic E-state index is 13.3. The maximum Gasteiger partial charge on any atom is 0.253 e.